The minimum atomic E-state index is -0.138. The van der Waals surface area contributed by atoms with E-state index in [1.165, 1.54) is 5.56 Å². The van der Waals surface area contributed by atoms with Gasteiger partial charge in [0.15, 0.2) is 0 Å². The fraction of sp³-hybridized carbons (Fsp3) is 0.125. The molecule has 5 nitrogen and oxygen atoms in total. The summed E-state index contributed by atoms with van der Waals surface area (Å²) in [5.41, 5.74) is 5.93. The van der Waals surface area contributed by atoms with E-state index in [0.717, 1.165) is 28.2 Å². The van der Waals surface area contributed by atoms with Crippen LogP contribution < -0.4 is 4.90 Å². The van der Waals surface area contributed by atoms with Gasteiger partial charge in [-0.05, 0) is 43.3 Å². The van der Waals surface area contributed by atoms with Crippen LogP contribution in [0.25, 0.3) is 16.9 Å². The molecule has 0 spiro atoms. The molecule has 5 rings (SSSR count). The SMILES string of the molecule is Cc1ccc(N2C(=O)CSC2c2cn(-c3ccccc3)nc2-c2ccncc2)cc1. The van der Waals surface area contributed by atoms with Gasteiger partial charge in [-0.3, -0.25) is 14.7 Å². The smallest absolute Gasteiger partial charge is 0.238 e. The van der Waals surface area contributed by atoms with Crippen molar-refractivity contribution < 1.29 is 4.79 Å². The minimum Gasteiger partial charge on any atom is -0.295 e. The number of para-hydroxylation sites is 1. The zero-order chi connectivity index (χ0) is 20.5. The molecule has 1 unspecified atom stereocenters. The molecule has 1 aliphatic rings. The van der Waals surface area contributed by atoms with E-state index in [9.17, 15) is 4.79 Å². The third kappa shape index (κ3) is 3.39. The van der Waals surface area contributed by atoms with Crippen LogP contribution in [0.2, 0.25) is 0 Å². The standard InChI is InChI=1S/C24H20N4OS/c1-17-7-9-20(10-8-17)28-22(29)16-30-24(28)21-15-27(19-5-3-2-4-6-19)26-23(21)18-11-13-25-14-12-18/h2-15,24H,16H2,1H3. The Kier molecular flexibility index (Phi) is 4.85. The highest BCUT2D eigenvalue weighted by molar-refractivity contribution is 8.00. The van der Waals surface area contributed by atoms with Crippen molar-refractivity contribution >= 4 is 23.4 Å². The molecule has 0 radical (unpaired) electrons. The van der Waals surface area contributed by atoms with Gasteiger partial charge in [-0.15, -0.1) is 11.8 Å². The molecule has 0 N–H and O–H groups in total. The highest BCUT2D eigenvalue weighted by Crippen LogP contribution is 2.45. The zero-order valence-electron chi connectivity index (χ0n) is 16.5. The number of hydrogen-bond acceptors (Lipinski definition) is 4. The summed E-state index contributed by atoms with van der Waals surface area (Å²) in [5, 5.41) is 4.76. The number of hydrogen-bond donors (Lipinski definition) is 0. The normalized spacial score (nSPS) is 16.2. The second kappa shape index (κ2) is 7.80. The fourth-order valence-electron chi connectivity index (χ4n) is 3.65. The van der Waals surface area contributed by atoms with E-state index in [-0.39, 0.29) is 11.3 Å². The van der Waals surface area contributed by atoms with Crippen LogP contribution in [0.3, 0.4) is 0 Å². The molecule has 3 heterocycles. The lowest BCUT2D eigenvalue weighted by Crippen LogP contribution is -2.27. The first kappa shape index (κ1) is 18.6. The number of carbonyl (C=O) groups is 1. The second-order valence-electron chi connectivity index (χ2n) is 7.21. The fourth-order valence-corrected chi connectivity index (χ4v) is 4.83. The quantitative estimate of drug-likeness (QED) is 0.472. The molecule has 4 aromatic rings. The summed E-state index contributed by atoms with van der Waals surface area (Å²) in [7, 11) is 0. The number of benzene rings is 2. The molecule has 148 valence electrons. The minimum absolute atomic E-state index is 0.113. The Morgan fingerprint density at radius 2 is 1.67 bits per heavy atom. The molecule has 0 bridgehead atoms. The Morgan fingerprint density at radius 3 is 2.40 bits per heavy atom. The summed E-state index contributed by atoms with van der Waals surface area (Å²) in [6.45, 7) is 2.05. The Labute approximate surface area is 179 Å². The summed E-state index contributed by atoms with van der Waals surface area (Å²) in [6.07, 6.45) is 5.58. The molecule has 1 amide bonds. The van der Waals surface area contributed by atoms with E-state index in [1.807, 2.05) is 89.4 Å². The van der Waals surface area contributed by atoms with Gasteiger partial charge < -0.3 is 0 Å². The number of carbonyl (C=O) groups excluding carboxylic acids is 1. The van der Waals surface area contributed by atoms with Crippen molar-refractivity contribution in [2.24, 2.45) is 0 Å². The first-order valence-electron chi connectivity index (χ1n) is 9.76. The Morgan fingerprint density at radius 1 is 0.933 bits per heavy atom. The Bertz CT molecular complexity index is 1170. The van der Waals surface area contributed by atoms with Crippen molar-refractivity contribution in [2.75, 3.05) is 10.7 Å². The number of anilines is 1. The van der Waals surface area contributed by atoms with Crippen LogP contribution in [0, 0.1) is 6.92 Å². The Balaban J connectivity index is 1.64. The number of aromatic nitrogens is 3. The summed E-state index contributed by atoms with van der Waals surface area (Å²) in [5.74, 6) is 0.562. The van der Waals surface area contributed by atoms with E-state index in [2.05, 4.69) is 4.98 Å². The van der Waals surface area contributed by atoms with E-state index >= 15 is 0 Å². The molecule has 0 aliphatic carbocycles. The summed E-state index contributed by atoms with van der Waals surface area (Å²) in [6, 6.07) is 22.1. The third-order valence-corrected chi connectivity index (χ3v) is 6.36. The molecule has 1 fully saturated rings. The van der Waals surface area contributed by atoms with Crippen molar-refractivity contribution in [3.05, 3.63) is 96.4 Å². The van der Waals surface area contributed by atoms with E-state index in [0.29, 0.717) is 5.75 Å². The molecular weight excluding hydrogens is 392 g/mol. The average molecular weight is 413 g/mol. The molecular formula is C24H20N4OS. The van der Waals surface area contributed by atoms with Crippen LogP contribution >= 0.6 is 11.8 Å². The van der Waals surface area contributed by atoms with Crippen LogP contribution in [0.1, 0.15) is 16.5 Å². The van der Waals surface area contributed by atoms with Gasteiger partial charge >= 0.3 is 0 Å². The molecule has 0 saturated carbocycles. The van der Waals surface area contributed by atoms with Crippen molar-refractivity contribution in [1.29, 1.82) is 0 Å². The summed E-state index contributed by atoms with van der Waals surface area (Å²) in [4.78, 5) is 18.9. The maximum Gasteiger partial charge on any atom is 0.238 e. The number of thioether (sulfide) groups is 1. The van der Waals surface area contributed by atoms with Gasteiger partial charge in [0.2, 0.25) is 5.91 Å². The van der Waals surface area contributed by atoms with Gasteiger partial charge in [0.1, 0.15) is 5.37 Å². The lowest BCUT2D eigenvalue weighted by molar-refractivity contribution is -0.115. The predicted octanol–water partition coefficient (Wildman–Crippen LogP) is 5.02. The highest BCUT2D eigenvalue weighted by atomic mass is 32.2. The number of nitrogens with zero attached hydrogens (tertiary/aromatic N) is 4. The number of aryl methyl sites for hydroxylation is 1. The summed E-state index contributed by atoms with van der Waals surface area (Å²) >= 11 is 1.64. The second-order valence-corrected chi connectivity index (χ2v) is 8.28. The molecule has 30 heavy (non-hydrogen) atoms. The Hall–Kier alpha value is -3.38. The summed E-state index contributed by atoms with van der Waals surface area (Å²) < 4.78 is 1.89. The van der Waals surface area contributed by atoms with Crippen LogP contribution in [0.4, 0.5) is 5.69 Å². The first-order valence-corrected chi connectivity index (χ1v) is 10.8. The van der Waals surface area contributed by atoms with Gasteiger partial charge in [-0.2, -0.15) is 5.10 Å². The number of amides is 1. The molecule has 1 saturated heterocycles. The topological polar surface area (TPSA) is 51.0 Å². The maximum atomic E-state index is 12.8. The van der Waals surface area contributed by atoms with Gasteiger partial charge in [0.25, 0.3) is 0 Å². The molecule has 1 aliphatic heterocycles. The van der Waals surface area contributed by atoms with Crippen LogP contribution in [0.15, 0.2) is 85.3 Å². The first-order chi connectivity index (χ1) is 14.7. The van der Waals surface area contributed by atoms with Crippen molar-refractivity contribution in [3.63, 3.8) is 0 Å². The van der Waals surface area contributed by atoms with Crippen LogP contribution in [0.5, 0.6) is 0 Å². The molecule has 6 heteroatoms. The number of rotatable bonds is 4. The average Bonchev–Trinajstić information content (AvgIpc) is 3.39. The van der Waals surface area contributed by atoms with Crippen LogP contribution in [-0.4, -0.2) is 26.4 Å². The molecule has 2 aromatic carbocycles. The van der Waals surface area contributed by atoms with Gasteiger partial charge in [-0.25, -0.2) is 4.68 Å². The van der Waals surface area contributed by atoms with E-state index < -0.39 is 0 Å². The lowest BCUT2D eigenvalue weighted by atomic mass is 10.1. The molecule has 1 atom stereocenters. The van der Waals surface area contributed by atoms with Crippen LogP contribution in [-0.2, 0) is 4.79 Å². The highest BCUT2D eigenvalue weighted by Gasteiger charge is 2.36. The van der Waals surface area contributed by atoms with Gasteiger partial charge in [0.05, 0.1) is 17.1 Å². The monoisotopic (exact) mass is 412 g/mol. The lowest BCUT2D eigenvalue weighted by Gasteiger charge is -2.24. The number of pyridine rings is 1. The largest absolute Gasteiger partial charge is 0.295 e. The van der Waals surface area contributed by atoms with Crippen molar-refractivity contribution in [1.82, 2.24) is 14.8 Å². The maximum absolute atomic E-state index is 12.8. The van der Waals surface area contributed by atoms with E-state index in [1.54, 1.807) is 24.2 Å². The van der Waals surface area contributed by atoms with Gasteiger partial charge in [-0.1, -0.05) is 35.9 Å². The third-order valence-electron chi connectivity index (χ3n) is 5.16. The van der Waals surface area contributed by atoms with Crippen molar-refractivity contribution in [3.8, 4) is 16.9 Å². The van der Waals surface area contributed by atoms with Crippen molar-refractivity contribution in [2.45, 2.75) is 12.3 Å². The van der Waals surface area contributed by atoms with Gasteiger partial charge in [0, 0.05) is 35.4 Å². The predicted molar refractivity (Wildman–Crippen MR) is 121 cm³/mol. The molecule has 2 aromatic heterocycles. The zero-order valence-corrected chi connectivity index (χ0v) is 17.3. The van der Waals surface area contributed by atoms with E-state index in [4.69, 9.17) is 5.10 Å².